The normalized spacial score (nSPS) is 14.5. The maximum absolute atomic E-state index is 12.8. The second kappa shape index (κ2) is 9.30. The monoisotopic (exact) mass is 470 g/mol. The molecule has 2 heterocycles. The van der Waals surface area contributed by atoms with Crippen molar-refractivity contribution in [2.75, 3.05) is 19.1 Å². The zero-order chi connectivity index (χ0) is 24.4. The number of aromatic nitrogens is 2. The predicted octanol–water partition coefficient (Wildman–Crippen LogP) is 5.12. The first-order chi connectivity index (χ1) is 17.1. The minimum Gasteiger partial charge on any atom is -0.464 e. The Morgan fingerprint density at radius 1 is 1.03 bits per heavy atom. The maximum atomic E-state index is 12.8. The molecule has 0 aliphatic carbocycles. The van der Waals surface area contributed by atoms with Gasteiger partial charge in [0.2, 0.25) is 0 Å². The summed E-state index contributed by atoms with van der Waals surface area (Å²) in [6, 6.07) is 23.3. The molecular weight excluding hydrogens is 448 g/mol. The molecule has 1 aliphatic rings. The van der Waals surface area contributed by atoms with E-state index in [4.69, 9.17) is 14.5 Å². The fourth-order valence-electron chi connectivity index (χ4n) is 4.32. The van der Waals surface area contributed by atoms with E-state index in [0.717, 1.165) is 0 Å². The number of methoxy groups -OCH3 is 1. The largest absolute Gasteiger partial charge is 0.464 e. The number of hydrogen-bond donors (Lipinski definition) is 1. The van der Waals surface area contributed by atoms with E-state index >= 15 is 0 Å². The van der Waals surface area contributed by atoms with Gasteiger partial charge in [-0.1, -0.05) is 36.4 Å². The van der Waals surface area contributed by atoms with Crippen LogP contribution >= 0.6 is 0 Å². The smallest absolute Gasteiger partial charge is 0.358 e. The summed E-state index contributed by atoms with van der Waals surface area (Å²) in [5, 5.41) is 11.7. The fourth-order valence-corrected chi connectivity index (χ4v) is 4.32. The summed E-state index contributed by atoms with van der Waals surface area (Å²) in [4.78, 5) is 28.9. The molecule has 0 bridgehead atoms. The van der Waals surface area contributed by atoms with E-state index < -0.39 is 10.9 Å². The number of carbonyl (C=O) groups excluding carboxylic acids is 1. The molecule has 1 aromatic heterocycles. The standard InChI is InChI=1S/C26H22N4O5/c1-34-26(31)24-23(17-11-13-19(14-12-17)35-18-7-3-2-4-8-18)28-25-21(15-16-27-29(24)25)20-9-5-6-10-22(20)30(32)33/h2-14,21,27H,15-16H2,1H3. The van der Waals surface area contributed by atoms with Gasteiger partial charge in [-0.05, 0) is 42.8 Å². The first-order valence-electron chi connectivity index (χ1n) is 11.1. The highest BCUT2D eigenvalue weighted by atomic mass is 16.6. The lowest BCUT2D eigenvalue weighted by Crippen LogP contribution is -2.31. The van der Waals surface area contributed by atoms with Crippen LogP contribution in [0.3, 0.4) is 0 Å². The number of hydrogen-bond acceptors (Lipinski definition) is 7. The van der Waals surface area contributed by atoms with Crippen LogP contribution in [-0.4, -0.2) is 34.2 Å². The highest BCUT2D eigenvalue weighted by Gasteiger charge is 2.34. The molecule has 1 aliphatic heterocycles. The third-order valence-electron chi connectivity index (χ3n) is 5.91. The van der Waals surface area contributed by atoms with E-state index in [9.17, 15) is 14.9 Å². The summed E-state index contributed by atoms with van der Waals surface area (Å²) < 4.78 is 12.5. The SMILES string of the molecule is COC(=O)c1c(-c2ccc(Oc3ccccc3)cc2)nc2n1NCCC2c1ccccc1[N+](=O)[O-]. The van der Waals surface area contributed by atoms with Crippen LogP contribution in [0.4, 0.5) is 5.69 Å². The van der Waals surface area contributed by atoms with Crippen LogP contribution in [0.1, 0.15) is 34.2 Å². The van der Waals surface area contributed by atoms with Crippen molar-refractivity contribution in [1.82, 2.24) is 9.66 Å². The lowest BCUT2D eigenvalue weighted by Gasteiger charge is -2.25. The van der Waals surface area contributed by atoms with E-state index in [0.29, 0.717) is 47.1 Å². The molecule has 1 N–H and O–H groups in total. The van der Waals surface area contributed by atoms with Crippen LogP contribution in [0, 0.1) is 10.1 Å². The van der Waals surface area contributed by atoms with Gasteiger partial charge in [-0.25, -0.2) is 14.5 Å². The van der Waals surface area contributed by atoms with Crippen LogP contribution in [-0.2, 0) is 4.74 Å². The number of imidazole rings is 1. The van der Waals surface area contributed by atoms with Crippen LogP contribution in [0.5, 0.6) is 11.5 Å². The molecule has 9 heteroatoms. The third kappa shape index (κ3) is 4.19. The second-order valence-corrected chi connectivity index (χ2v) is 8.00. The molecule has 0 saturated heterocycles. The Morgan fingerprint density at radius 2 is 1.71 bits per heavy atom. The van der Waals surface area contributed by atoms with Crippen molar-refractivity contribution in [1.29, 1.82) is 0 Å². The van der Waals surface area contributed by atoms with E-state index in [1.54, 1.807) is 35.0 Å². The van der Waals surface area contributed by atoms with E-state index in [2.05, 4.69) is 5.43 Å². The summed E-state index contributed by atoms with van der Waals surface area (Å²) in [7, 11) is 1.31. The molecule has 0 fully saturated rings. The summed E-state index contributed by atoms with van der Waals surface area (Å²) >= 11 is 0. The summed E-state index contributed by atoms with van der Waals surface area (Å²) in [6.45, 7) is 0.507. The Morgan fingerprint density at radius 3 is 2.43 bits per heavy atom. The lowest BCUT2D eigenvalue weighted by atomic mass is 9.92. The lowest BCUT2D eigenvalue weighted by molar-refractivity contribution is -0.385. The van der Waals surface area contributed by atoms with Crippen molar-refractivity contribution in [2.24, 2.45) is 0 Å². The van der Waals surface area contributed by atoms with Crippen molar-refractivity contribution in [3.05, 3.63) is 106 Å². The summed E-state index contributed by atoms with van der Waals surface area (Å²) in [5.74, 6) is 0.948. The van der Waals surface area contributed by atoms with Gasteiger partial charge in [0.25, 0.3) is 5.69 Å². The molecule has 5 rings (SSSR count). The number of nitro benzene ring substituents is 1. The molecule has 0 spiro atoms. The number of nitrogens with zero attached hydrogens (tertiary/aromatic N) is 3. The Hall–Kier alpha value is -4.66. The number of ether oxygens (including phenoxy) is 2. The first kappa shape index (κ1) is 22.1. The zero-order valence-electron chi connectivity index (χ0n) is 18.9. The van der Waals surface area contributed by atoms with Gasteiger partial charge < -0.3 is 14.9 Å². The third-order valence-corrected chi connectivity index (χ3v) is 5.91. The number of rotatable bonds is 6. The average Bonchev–Trinajstić information content (AvgIpc) is 3.29. The van der Waals surface area contributed by atoms with Crippen molar-refractivity contribution < 1.29 is 19.2 Å². The van der Waals surface area contributed by atoms with Gasteiger partial charge in [0.05, 0.1) is 18.0 Å². The fraction of sp³-hybridized carbons (Fsp3) is 0.154. The van der Waals surface area contributed by atoms with E-state index in [-0.39, 0.29) is 17.3 Å². The molecule has 1 atom stereocenters. The van der Waals surface area contributed by atoms with E-state index in [1.807, 2.05) is 42.5 Å². The summed E-state index contributed by atoms with van der Waals surface area (Å²) in [6.07, 6.45) is 0.589. The Labute approximate surface area is 201 Å². The van der Waals surface area contributed by atoms with Gasteiger partial charge in [0.15, 0.2) is 5.69 Å². The molecule has 0 amide bonds. The Balaban J connectivity index is 1.57. The minimum absolute atomic E-state index is 0.0255. The Bertz CT molecular complexity index is 1380. The molecule has 0 radical (unpaired) electrons. The number of benzene rings is 3. The van der Waals surface area contributed by atoms with Crippen molar-refractivity contribution in [2.45, 2.75) is 12.3 Å². The number of esters is 1. The Kier molecular flexibility index (Phi) is 5.88. The molecule has 0 saturated carbocycles. The van der Waals surface area contributed by atoms with Crippen LogP contribution in [0.2, 0.25) is 0 Å². The number of carbonyl (C=O) groups is 1. The highest BCUT2D eigenvalue weighted by molar-refractivity contribution is 5.95. The minimum atomic E-state index is -0.556. The zero-order valence-corrected chi connectivity index (χ0v) is 18.9. The van der Waals surface area contributed by atoms with Crippen LogP contribution in [0.25, 0.3) is 11.3 Å². The van der Waals surface area contributed by atoms with Gasteiger partial charge in [0, 0.05) is 23.7 Å². The molecule has 35 heavy (non-hydrogen) atoms. The molecular formula is C26H22N4O5. The van der Waals surface area contributed by atoms with Gasteiger partial charge >= 0.3 is 5.97 Å². The predicted molar refractivity (Wildman–Crippen MR) is 129 cm³/mol. The first-order valence-corrected chi connectivity index (χ1v) is 11.1. The quantitative estimate of drug-likeness (QED) is 0.237. The number of nitrogens with one attached hydrogen (secondary N) is 1. The van der Waals surface area contributed by atoms with Crippen molar-refractivity contribution >= 4 is 11.7 Å². The van der Waals surface area contributed by atoms with Crippen molar-refractivity contribution in [3.63, 3.8) is 0 Å². The van der Waals surface area contributed by atoms with Crippen LogP contribution in [0.15, 0.2) is 78.9 Å². The van der Waals surface area contributed by atoms with Gasteiger partial charge in [-0.2, -0.15) is 0 Å². The second-order valence-electron chi connectivity index (χ2n) is 8.00. The molecule has 3 aromatic carbocycles. The number of nitro groups is 1. The maximum Gasteiger partial charge on any atom is 0.358 e. The molecule has 4 aromatic rings. The van der Waals surface area contributed by atoms with Crippen LogP contribution < -0.4 is 10.2 Å². The molecule has 176 valence electrons. The topological polar surface area (TPSA) is 109 Å². The summed E-state index contributed by atoms with van der Waals surface area (Å²) in [5.41, 5.74) is 5.12. The average molecular weight is 470 g/mol. The van der Waals surface area contributed by atoms with Gasteiger partial charge in [-0.15, -0.1) is 0 Å². The highest BCUT2D eigenvalue weighted by Crippen LogP contribution is 2.38. The van der Waals surface area contributed by atoms with Crippen molar-refractivity contribution in [3.8, 4) is 22.8 Å². The van der Waals surface area contributed by atoms with E-state index in [1.165, 1.54) is 13.2 Å². The number of fused-ring (bicyclic) bond motifs is 1. The number of para-hydroxylation sites is 2. The van der Waals surface area contributed by atoms with Gasteiger partial charge in [-0.3, -0.25) is 10.1 Å². The molecule has 1 unspecified atom stereocenters. The molecule has 9 nitrogen and oxygen atoms in total. The van der Waals surface area contributed by atoms with Gasteiger partial charge in [0.1, 0.15) is 23.0 Å².